The Balaban J connectivity index is 0.000000266. The summed E-state index contributed by atoms with van der Waals surface area (Å²) in [5.41, 5.74) is 1.96. The van der Waals surface area contributed by atoms with Gasteiger partial charge in [-0.05, 0) is 67.9 Å². The molecule has 0 aromatic heterocycles. The molecule has 0 radical (unpaired) electrons. The van der Waals surface area contributed by atoms with Crippen molar-refractivity contribution in [3.63, 3.8) is 0 Å². The highest BCUT2D eigenvalue weighted by Gasteiger charge is 2.26. The van der Waals surface area contributed by atoms with Crippen LogP contribution in [0.2, 0.25) is 0 Å². The molecule has 8 heteroatoms. The van der Waals surface area contributed by atoms with E-state index in [1.165, 1.54) is 15.4 Å². The maximum atomic E-state index is 10.0. The summed E-state index contributed by atoms with van der Waals surface area (Å²) in [4.78, 5) is 2.49. The second kappa shape index (κ2) is 13.9. The number of rotatable bonds is 9. The zero-order chi connectivity index (χ0) is 26.7. The Morgan fingerprint density at radius 2 is 1.24 bits per heavy atom. The van der Waals surface area contributed by atoms with E-state index in [0.717, 1.165) is 11.5 Å². The van der Waals surface area contributed by atoms with Crippen molar-refractivity contribution in [3.05, 3.63) is 120 Å². The van der Waals surface area contributed by atoms with Gasteiger partial charge in [0.2, 0.25) is 10.4 Å². The Morgan fingerprint density at radius 3 is 1.73 bits per heavy atom. The van der Waals surface area contributed by atoms with E-state index in [0.29, 0.717) is 11.3 Å². The molecular weight excluding hydrogens is 508 g/mol. The highest BCUT2D eigenvalue weighted by Crippen LogP contribution is 2.30. The van der Waals surface area contributed by atoms with Gasteiger partial charge in [0, 0.05) is 5.56 Å². The van der Waals surface area contributed by atoms with Crippen molar-refractivity contribution in [2.24, 2.45) is 0 Å². The molecule has 0 saturated heterocycles. The zero-order valence-electron chi connectivity index (χ0n) is 20.7. The van der Waals surface area contributed by atoms with Gasteiger partial charge in [-0.15, -0.1) is 0 Å². The van der Waals surface area contributed by atoms with Crippen molar-refractivity contribution in [1.29, 1.82) is 0 Å². The molecule has 194 valence electrons. The Hall–Kier alpha value is -3.30. The minimum absolute atomic E-state index is 0.0981. The summed E-state index contributed by atoms with van der Waals surface area (Å²) in [5.74, 6) is 2.14. The first-order valence-corrected chi connectivity index (χ1v) is 14.4. The number of ether oxygens (including phenoxy) is 1. The molecule has 1 unspecified atom stereocenters. The quantitative estimate of drug-likeness (QED) is 0.158. The summed E-state index contributed by atoms with van der Waals surface area (Å²) >= 11 is 0. The molecule has 0 aliphatic rings. The third kappa shape index (κ3) is 10.3. The normalized spacial score (nSPS) is 11.9. The first kappa shape index (κ1) is 28.3. The molecule has 4 aromatic carbocycles. The summed E-state index contributed by atoms with van der Waals surface area (Å²) in [6.45, 7) is 3.86. The number of hydrogen-bond acceptors (Lipinski definition) is 6. The van der Waals surface area contributed by atoms with E-state index in [4.69, 9.17) is 4.74 Å². The molecule has 37 heavy (non-hydrogen) atoms. The van der Waals surface area contributed by atoms with Gasteiger partial charge in [-0.25, -0.2) is 8.42 Å². The summed E-state index contributed by atoms with van der Waals surface area (Å²) in [5, 5.41) is 9.61. The summed E-state index contributed by atoms with van der Waals surface area (Å²) in [6.07, 6.45) is 0.172. The van der Waals surface area contributed by atoms with Crippen LogP contribution in [0.25, 0.3) is 0 Å². The van der Waals surface area contributed by atoms with E-state index in [1.807, 2.05) is 44.2 Å². The van der Waals surface area contributed by atoms with Crippen LogP contribution in [0.15, 0.2) is 119 Å². The average molecular weight is 539 g/mol. The van der Waals surface area contributed by atoms with E-state index < -0.39 is 10.4 Å². The molecule has 0 bridgehead atoms. The predicted octanol–water partition coefficient (Wildman–Crippen LogP) is 6.08. The van der Waals surface area contributed by atoms with E-state index in [-0.39, 0.29) is 23.6 Å². The van der Waals surface area contributed by atoms with Gasteiger partial charge < -0.3 is 14.4 Å². The monoisotopic (exact) mass is 538 g/mol. The second-order valence-corrected chi connectivity index (χ2v) is 11.4. The molecule has 0 spiro atoms. The number of benzene rings is 4. The topological polar surface area (TPSA) is 95.9 Å². The fraction of sp³-hybridized carbons (Fsp3) is 0.172. The van der Waals surface area contributed by atoms with E-state index >= 15 is 0 Å². The van der Waals surface area contributed by atoms with E-state index in [9.17, 15) is 18.1 Å². The Kier molecular flexibility index (Phi) is 10.6. The average Bonchev–Trinajstić information content (AvgIpc) is 2.88. The van der Waals surface area contributed by atoms with Crippen molar-refractivity contribution in [1.82, 2.24) is 0 Å². The maximum Gasteiger partial charge on any atom is 0.217 e. The Morgan fingerprint density at radius 1 is 0.757 bits per heavy atom. The summed E-state index contributed by atoms with van der Waals surface area (Å²) in [6, 6.07) is 35.0. The van der Waals surface area contributed by atoms with E-state index in [2.05, 4.69) is 40.6 Å². The SMILES string of the molecule is CC(C)Oc1ccc([S+](Cc2ccccc2)c2ccc(O)cc2)cc1.O=S(=O)([O-])OCc1ccccc1. The van der Waals surface area contributed by atoms with E-state index in [1.54, 1.807) is 42.5 Å². The van der Waals surface area contributed by atoms with Crippen LogP contribution in [0, 0.1) is 0 Å². The highest BCUT2D eigenvalue weighted by atomic mass is 32.3. The highest BCUT2D eigenvalue weighted by molar-refractivity contribution is 7.96. The van der Waals surface area contributed by atoms with Crippen LogP contribution in [-0.2, 0) is 37.8 Å². The minimum Gasteiger partial charge on any atom is -0.726 e. The third-order valence-electron chi connectivity index (χ3n) is 4.97. The number of phenolic OH excluding ortho intramolecular Hbond substituents is 1. The van der Waals surface area contributed by atoms with Crippen molar-refractivity contribution < 1.29 is 27.0 Å². The van der Waals surface area contributed by atoms with Gasteiger partial charge >= 0.3 is 0 Å². The maximum absolute atomic E-state index is 10.0. The molecule has 0 aliphatic carbocycles. The van der Waals surface area contributed by atoms with Gasteiger partial charge in [-0.1, -0.05) is 60.7 Å². The zero-order valence-corrected chi connectivity index (χ0v) is 22.3. The van der Waals surface area contributed by atoms with Crippen LogP contribution in [0.1, 0.15) is 25.0 Å². The molecule has 0 heterocycles. The fourth-order valence-electron chi connectivity index (χ4n) is 3.32. The third-order valence-corrected chi connectivity index (χ3v) is 7.68. The van der Waals surface area contributed by atoms with Gasteiger partial charge in [0.25, 0.3) is 0 Å². The molecule has 1 atom stereocenters. The lowest BCUT2D eigenvalue weighted by Gasteiger charge is -2.11. The van der Waals surface area contributed by atoms with Gasteiger partial charge in [0.05, 0.1) is 23.6 Å². The fourth-order valence-corrected chi connectivity index (χ4v) is 5.66. The van der Waals surface area contributed by atoms with Crippen LogP contribution in [0.4, 0.5) is 0 Å². The van der Waals surface area contributed by atoms with Crippen molar-refractivity contribution in [2.45, 2.75) is 42.1 Å². The molecule has 4 aromatic rings. The van der Waals surface area contributed by atoms with Gasteiger partial charge in [0.15, 0.2) is 9.79 Å². The first-order chi connectivity index (χ1) is 17.7. The predicted molar refractivity (Wildman–Crippen MR) is 145 cm³/mol. The molecule has 0 fully saturated rings. The van der Waals surface area contributed by atoms with Crippen LogP contribution < -0.4 is 4.74 Å². The lowest BCUT2D eigenvalue weighted by atomic mass is 10.2. The molecule has 6 nitrogen and oxygen atoms in total. The Bertz CT molecular complexity index is 1310. The van der Waals surface area contributed by atoms with Gasteiger partial charge in [-0.3, -0.25) is 4.18 Å². The molecule has 1 N–H and O–H groups in total. The number of phenols is 1. The molecule has 0 aliphatic heterocycles. The first-order valence-electron chi connectivity index (χ1n) is 11.6. The lowest BCUT2D eigenvalue weighted by Crippen LogP contribution is -2.08. The van der Waals surface area contributed by atoms with Gasteiger partial charge in [0.1, 0.15) is 17.3 Å². The summed E-state index contributed by atoms with van der Waals surface area (Å²) in [7, 11) is -4.67. The van der Waals surface area contributed by atoms with Crippen LogP contribution in [0.5, 0.6) is 11.5 Å². The number of hydrogen-bond donors (Lipinski definition) is 1. The van der Waals surface area contributed by atoms with Crippen molar-refractivity contribution in [2.75, 3.05) is 0 Å². The lowest BCUT2D eigenvalue weighted by molar-refractivity contribution is 0.242. The Labute approximate surface area is 221 Å². The van der Waals surface area contributed by atoms with Crippen LogP contribution in [-0.4, -0.2) is 24.2 Å². The van der Waals surface area contributed by atoms with Gasteiger partial charge in [-0.2, -0.15) is 0 Å². The molecule has 0 amide bonds. The second-order valence-electron chi connectivity index (χ2n) is 8.31. The van der Waals surface area contributed by atoms with Crippen LogP contribution >= 0.6 is 0 Å². The molecule has 0 saturated carbocycles. The van der Waals surface area contributed by atoms with Crippen molar-refractivity contribution in [3.8, 4) is 11.5 Å². The van der Waals surface area contributed by atoms with Crippen LogP contribution in [0.3, 0.4) is 0 Å². The standard InChI is InChI=1S/C22H22O2S.C7H8O4S/c1-17(2)24-20-10-14-22(15-11-20)25(16-18-6-4-3-5-7-18)21-12-8-19(23)9-13-21;8-12(9,10)11-6-7-4-2-1-3-5-7/h3-15,17H,16H2,1-2H3;1-5H,6H2,(H,8,9,10). The number of aromatic hydroxyl groups is 1. The molecular formula is C29H30O6S2. The summed E-state index contributed by atoms with van der Waals surface area (Å²) < 4.78 is 39.9. The largest absolute Gasteiger partial charge is 0.726 e. The van der Waals surface area contributed by atoms with Crippen molar-refractivity contribution >= 4 is 21.3 Å². The molecule has 4 rings (SSSR count). The smallest absolute Gasteiger partial charge is 0.217 e. The minimum atomic E-state index is -4.57.